The molecule has 0 atom stereocenters. The highest BCUT2D eigenvalue weighted by Gasteiger charge is 2.17. The van der Waals surface area contributed by atoms with Crippen LogP contribution in [0.25, 0.3) is 11.0 Å². The Hall–Kier alpha value is -2.63. The van der Waals surface area contributed by atoms with Gasteiger partial charge in [-0.1, -0.05) is 37.0 Å². The van der Waals surface area contributed by atoms with E-state index < -0.39 is 0 Å². The number of hydrogen-bond donors (Lipinski definition) is 2. The molecule has 1 fully saturated rings. The first-order chi connectivity index (χ1) is 12.2. The standard InChI is InChI=1S/C19H24N6/c1-13-8-10-15(11-9-13)21-17-16-12-20-25(2)18(16)24-19(23-17)22-14-6-4-3-5-7-14/h8-12,14H,3-7H2,1-2H3,(H2,21,22,23,24). The first-order valence-electron chi connectivity index (χ1n) is 8.99. The smallest absolute Gasteiger partial charge is 0.226 e. The number of hydrogen-bond acceptors (Lipinski definition) is 5. The number of anilines is 3. The van der Waals surface area contributed by atoms with Crippen LogP contribution in [0.4, 0.5) is 17.5 Å². The van der Waals surface area contributed by atoms with Gasteiger partial charge in [-0.2, -0.15) is 15.1 Å². The molecule has 3 aromatic rings. The van der Waals surface area contributed by atoms with Crippen LogP contribution in [0.1, 0.15) is 37.7 Å². The molecule has 6 nitrogen and oxygen atoms in total. The molecule has 2 aromatic heterocycles. The van der Waals surface area contributed by atoms with E-state index in [9.17, 15) is 0 Å². The van der Waals surface area contributed by atoms with Gasteiger partial charge in [0.15, 0.2) is 5.65 Å². The Kier molecular flexibility index (Phi) is 4.26. The summed E-state index contributed by atoms with van der Waals surface area (Å²) in [5.74, 6) is 1.47. The van der Waals surface area contributed by atoms with Gasteiger partial charge in [-0.25, -0.2) is 0 Å². The SMILES string of the molecule is Cc1ccc(Nc2nc(NC3CCCCC3)nc3c2cnn3C)cc1. The zero-order valence-electron chi connectivity index (χ0n) is 14.8. The monoisotopic (exact) mass is 336 g/mol. The van der Waals surface area contributed by atoms with Gasteiger partial charge < -0.3 is 10.6 Å². The highest BCUT2D eigenvalue weighted by Crippen LogP contribution is 2.26. The van der Waals surface area contributed by atoms with Gasteiger partial charge in [-0.05, 0) is 31.9 Å². The molecular weight excluding hydrogens is 312 g/mol. The predicted molar refractivity (Wildman–Crippen MR) is 101 cm³/mol. The molecule has 2 N–H and O–H groups in total. The van der Waals surface area contributed by atoms with Crippen LogP contribution in [0.3, 0.4) is 0 Å². The van der Waals surface area contributed by atoms with E-state index in [1.54, 1.807) is 4.68 Å². The van der Waals surface area contributed by atoms with Gasteiger partial charge >= 0.3 is 0 Å². The Morgan fingerprint density at radius 3 is 2.56 bits per heavy atom. The minimum Gasteiger partial charge on any atom is -0.351 e. The Morgan fingerprint density at radius 1 is 1.04 bits per heavy atom. The molecule has 2 heterocycles. The fourth-order valence-electron chi connectivity index (χ4n) is 3.39. The van der Waals surface area contributed by atoms with E-state index in [0.29, 0.717) is 12.0 Å². The largest absolute Gasteiger partial charge is 0.351 e. The summed E-state index contributed by atoms with van der Waals surface area (Å²) in [7, 11) is 1.91. The lowest BCUT2D eigenvalue weighted by Gasteiger charge is -2.23. The molecule has 1 aliphatic carbocycles. The van der Waals surface area contributed by atoms with E-state index in [1.165, 1.54) is 37.7 Å². The fourth-order valence-corrected chi connectivity index (χ4v) is 3.39. The molecule has 1 aliphatic rings. The van der Waals surface area contributed by atoms with Crippen LogP contribution in [0, 0.1) is 6.92 Å². The number of nitrogens with zero attached hydrogens (tertiary/aromatic N) is 4. The molecule has 130 valence electrons. The normalized spacial score (nSPS) is 15.4. The highest BCUT2D eigenvalue weighted by molar-refractivity contribution is 5.89. The van der Waals surface area contributed by atoms with Crippen molar-refractivity contribution in [2.45, 2.75) is 45.1 Å². The third-order valence-corrected chi connectivity index (χ3v) is 4.84. The van der Waals surface area contributed by atoms with Gasteiger partial charge in [0.25, 0.3) is 0 Å². The van der Waals surface area contributed by atoms with Crippen LogP contribution in [-0.4, -0.2) is 25.8 Å². The quantitative estimate of drug-likeness (QED) is 0.749. The first kappa shape index (κ1) is 15.9. The molecule has 1 saturated carbocycles. The summed E-state index contributed by atoms with van der Waals surface area (Å²) >= 11 is 0. The molecule has 0 saturated heterocycles. The van der Waals surface area contributed by atoms with Gasteiger partial charge in [0.1, 0.15) is 5.82 Å². The van der Waals surface area contributed by atoms with Crippen molar-refractivity contribution in [3.63, 3.8) is 0 Å². The number of rotatable bonds is 4. The molecule has 0 radical (unpaired) electrons. The van der Waals surface area contributed by atoms with E-state index in [2.05, 4.69) is 51.9 Å². The average molecular weight is 336 g/mol. The molecule has 0 amide bonds. The highest BCUT2D eigenvalue weighted by atomic mass is 15.3. The van der Waals surface area contributed by atoms with Crippen molar-refractivity contribution in [1.82, 2.24) is 19.7 Å². The van der Waals surface area contributed by atoms with Crippen LogP contribution < -0.4 is 10.6 Å². The molecular formula is C19H24N6. The number of nitrogens with one attached hydrogen (secondary N) is 2. The summed E-state index contributed by atoms with van der Waals surface area (Å²) in [6.45, 7) is 2.08. The average Bonchev–Trinajstić information content (AvgIpc) is 2.99. The van der Waals surface area contributed by atoms with Crippen molar-refractivity contribution in [2.75, 3.05) is 10.6 Å². The number of aromatic nitrogens is 4. The van der Waals surface area contributed by atoms with Crippen molar-refractivity contribution in [3.05, 3.63) is 36.0 Å². The number of fused-ring (bicyclic) bond motifs is 1. The first-order valence-corrected chi connectivity index (χ1v) is 8.99. The molecule has 0 aliphatic heterocycles. The van der Waals surface area contributed by atoms with Gasteiger partial charge in [-0.3, -0.25) is 4.68 Å². The minimum atomic E-state index is 0.464. The summed E-state index contributed by atoms with van der Waals surface area (Å²) in [4.78, 5) is 9.42. The Balaban J connectivity index is 1.67. The van der Waals surface area contributed by atoms with Gasteiger partial charge in [0.05, 0.1) is 11.6 Å². The fraction of sp³-hybridized carbons (Fsp3) is 0.421. The van der Waals surface area contributed by atoms with E-state index in [-0.39, 0.29) is 0 Å². The summed E-state index contributed by atoms with van der Waals surface area (Å²) < 4.78 is 1.80. The van der Waals surface area contributed by atoms with Gasteiger partial charge in [0, 0.05) is 18.8 Å². The van der Waals surface area contributed by atoms with E-state index in [4.69, 9.17) is 4.98 Å². The Bertz CT molecular complexity index is 862. The molecule has 1 aromatic carbocycles. The topological polar surface area (TPSA) is 67.7 Å². The number of benzene rings is 1. The van der Waals surface area contributed by atoms with Gasteiger partial charge in [-0.15, -0.1) is 0 Å². The molecule has 4 rings (SSSR count). The van der Waals surface area contributed by atoms with Crippen molar-refractivity contribution >= 4 is 28.5 Å². The van der Waals surface area contributed by atoms with E-state index in [0.717, 1.165) is 22.5 Å². The van der Waals surface area contributed by atoms with Crippen LogP contribution in [-0.2, 0) is 7.05 Å². The van der Waals surface area contributed by atoms with Crippen molar-refractivity contribution in [2.24, 2.45) is 7.05 Å². The maximum atomic E-state index is 4.74. The van der Waals surface area contributed by atoms with Crippen LogP contribution >= 0.6 is 0 Å². The third kappa shape index (κ3) is 3.43. The Labute approximate surface area is 147 Å². The maximum absolute atomic E-state index is 4.74. The Morgan fingerprint density at radius 2 is 1.80 bits per heavy atom. The predicted octanol–water partition coefficient (Wildman–Crippen LogP) is 4.16. The lowest BCUT2D eigenvalue weighted by Crippen LogP contribution is -2.23. The van der Waals surface area contributed by atoms with Crippen molar-refractivity contribution in [3.8, 4) is 0 Å². The van der Waals surface area contributed by atoms with E-state index >= 15 is 0 Å². The molecule has 25 heavy (non-hydrogen) atoms. The summed E-state index contributed by atoms with van der Waals surface area (Å²) in [6, 6.07) is 8.77. The van der Waals surface area contributed by atoms with Crippen molar-refractivity contribution in [1.29, 1.82) is 0 Å². The molecule has 0 spiro atoms. The second-order valence-corrected chi connectivity index (χ2v) is 6.87. The van der Waals surface area contributed by atoms with E-state index in [1.807, 2.05) is 13.2 Å². The molecule has 0 bridgehead atoms. The van der Waals surface area contributed by atoms with Crippen LogP contribution in [0.2, 0.25) is 0 Å². The lowest BCUT2D eigenvalue weighted by molar-refractivity contribution is 0.461. The molecule has 0 unspecified atom stereocenters. The third-order valence-electron chi connectivity index (χ3n) is 4.84. The van der Waals surface area contributed by atoms with Crippen LogP contribution in [0.15, 0.2) is 30.5 Å². The van der Waals surface area contributed by atoms with Crippen LogP contribution in [0.5, 0.6) is 0 Å². The minimum absolute atomic E-state index is 0.464. The zero-order valence-corrected chi connectivity index (χ0v) is 14.8. The van der Waals surface area contributed by atoms with Gasteiger partial charge in [0.2, 0.25) is 5.95 Å². The summed E-state index contributed by atoms with van der Waals surface area (Å²) in [5.41, 5.74) is 3.08. The maximum Gasteiger partial charge on any atom is 0.226 e. The summed E-state index contributed by atoms with van der Waals surface area (Å²) in [5, 5.41) is 12.2. The lowest BCUT2D eigenvalue weighted by atomic mass is 9.96. The number of aryl methyl sites for hydroxylation is 2. The zero-order chi connectivity index (χ0) is 17.2. The van der Waals surface area contributed by atoms with Crippen molar-refractivity contribution < 1.29 is 0 Å². The summed E-state index contributed by atoms with van der Waals surface area (Å²) in [6.07, 6.45) is 8.08. The second kappa shape index (κ2) is 6.70. The second-order valence-electron chi connectivity index (χ2n) is 6.87. The molecule has 6 heteroatoms.